The number of alkyl halides is 3. The van der Waals surface area contributed by atoms with Gasteiger partial charge in [0.15, 0.2) is 5.65 Å². The number of anilines is 1. The number of aryl methyl sites for hydroxylation is 1. The zero-order chi connectivity index (χ0) is 21.5. The average Bonchev–Trinajstić information content (AvgIpc) is 3.31. The van der Waals surface area contributed by atoms with Crippen LogP contribution in [0, 0.1) is 6.92 Å². The molecule has 0 spiro atoms. The van der Waals surface area contributed by atoms with Gasteiger partial charge in [0.1, 0.15) is 16.6 Å². The molecule has 30 heavy (non-hydrogen) atoms. The van der Waals surface area contributed by atoms with E-state index in [-0.39, 0.29) is 17.5 Å². The minimum absolute atomic E-state index is 0.0243. The number of thiazole rings is 1. The van der Waals surface area contributed by atoms with E-state index in [1.54, 1.807) is 13.2 Å². The molecule has 4 rings (SSSR count). The van der Waals surface area contributed by atoms with Gasteiger partial charge in [-0.2, -0.15) is 17.7 Å². The maximum atomic E-state index is 13.1. The molecule has 0 saturated heterocycles. The van der Waals surface area contributed by atoms with E-state index < -0.39 is 12.0 Å². The number of hydrogen-bond acceptors (Lipinski definition) is 7. The smallest absolute Gasteiger partial charge is 0.453 e. The fourth-order valence-electron chi connectivity index (χ4n) is 3.00. The number of aromatic nitrogens is 5. The van der Waals surface area contributed by atoms with Crippen LogP contribution in [0.4, 0.5) is 19.0 Å². The van der Waals surface area contributed by atoms with Gasteiger partial charge in [-0.3, -0.25) is 0 Å². The van der Waals surface area contributed by atoms with Gasteiger partial charge >= 0.3 is 6.18 Å². The molecule has 11 heteroatoms. The maximum Gasteiger partial charge on any atom is 0.453 e. The Hall–Kier alpha value is -3.21. The molecule has 3 heterocycles. The molecule has 0 radical (unpaired) electrons. The van der Waals surface area contributed by atoms with E-state index in [1.807, 2.05) is 38.1 Å². The van der Waals surface area contributed by atoms with Gasteiger partial charge in [0.2, 0.25) is 0 Å². The zero-order valence-electron chi connectivity index (χ0n) is 16.2. The van der Waals surface area contributed by atoms with E-state index in [9.17, 15) is 13.2 Å². The number of hydrogen-bond donors (Lipinski definition) is 1. The normalized spacial score (nSPS) is 12.9. The van der Waals surface area contributed by atoms with Crippen molar-refractivity contribution in [2.75, 3.05) is 12.4 Å². The van der Waals surface area contributed by atoms with Crippen LogP contribution in [0.15, 0.2) is 36.4 Å². The van der Waals surface area contributed by atoms with Gasteiger partial charge in [-0.15, -0.1) is 26.6 Å². The quantitative estimate of drug-likeness (QED) is 0.488. The second-order valence-electron chi connectivity index (χ2n) is 6.57. The molecule has 1 N–H and O–H groups in total. The van der Waals surface area contributed by atoms with Crippen molar-refractivity contribution in [1.82, 2.24) is 24.8 Å². The molecular formula is C19H17F3N6OS. The number of ether oxygens (including phenoxy) is 1. The second kappa shape index (κ2) is 7.56. The van der Waals surface area contributed by atoms with Crippen molar-refractivity contribution in [2.24, 2.45) is 0 Å². The highest BCUT2D eigenvalue weighted by molar-refractivity contribution is 7.15. The van der Waals surface area contributed by atoms with E-state index in [2.05, 4.69) is 25.6 Å². The Labute approximate surface area is 173 Å². The van der Waals surface area contributed by atoms with Crippen LogP contribution in [-0.4, -0.2) is 31.9 Å². The lowest BCUT2D eigenvalue weighted by atomic mass is 10.2. The predicted octanol–water partition coefficient (Wildman–Crippen LogP) is 4.76. The van der Waals surface area contributed by atoms with Crippen molar-refractivity contribution in [2.45, 2.75) is 26.1 Å². The highest BCUT2D eigenvalue weighted by Gasteiger charge is 2.37. The summed E-state index contributed by atoms with van der Waals surface area (Å²) >= 11 is 1.51. The lowest BCUT2D eigenvalue weighted by molar-refractivity contribution is -0.146. The molecule has 156 valence electrons. The predicted molar refractivity (Wildman–Crippen MR) is 107 cm³/mol. The van der Waals surface area contributed by atoms with Gasteiger partial charge < -0.3 is 10.1 Å². The first kappa shape index (κ1) is 20.1. The molecule has 3 aromatic heterocycles. The number of methoxy groups -OCH3 is 1. The fourth-order valence-corrected chi connectivity index (χ4v) is 4.07. The van der Waals surface area contributed by atoms with E-state index >= 15 is 0 Å². The topological polar surface area (TPSA) is 77.2 Å². The van der Waals surface area contributed by atoms with Crippen LogP contribution in [0.5, 0.6) is 5.75 Å². The average molecular weight is 434 g/mol. The van der Waals surface area contributed by atoms with E-state index in [0.29, 0.717) is 4.52 Å². The van der Waals surface area contributed by atoms with Crippen LogP contribution in [0.25, 0.3) is 16.2 Å². The molecule has 0 bridgehead atoms. The Kier molecular flexibility index (Phi) is 5.06. The van der Waals surface area contributed by atoms with Crippen LogP contribution >= 0.6 is 11.3 Å². The molecule has 7 nitrogen and oxygen atoms in total. The molecule has 1 aromatic carbocycles. The third-order valence-corrected chi connectivity index (χ3v) is 5.83. The third kappa shape index (κ3) is 3.80. The highest BCUT2D eigenvalue weighted by atomic mass is 32.1. The number of nitrogens with zero attached hydrogens (tertiary/aromatic N) is 5. The molecule has 0 aliphatic rings. The summed E-state index contributed by atoms with van der Waals surface area (Å²) in [7, 11) is 1.61. The van der Waals surface area contributed by atoms with Crippen LogP contribution in [0.2, 0.25) is 0 Å². The Bertz CT molecular complexity index is 1190. The van der Waals surface area contributed by atoms with Gasteiger partial charge in [-0.1, -0.05) is 0 Å². The highest BCUT2D eigenvalue weighted by Crippen LogP contribution is 2.34. The minimum Gasteiger partial charge on any atom is -0.497 e. The molecule has 0 amide bonds. The zero-order valence-corrected chi connectivity index (χ0v) is 17.0. The molecule has 0 aliphatic carbocycles. The van der Waals surface area contributed by atoms with Crippen molar-refractivity contribution in [1.29, 1.82) is 0 Å². The standard InChI is InChI=1S/C19H17F3N6OS/c1-10(16-11(2)24-17(30-16)12-4-6-13(29-3)7-5-12)23-14-8-9-15-25-26-18(19(20,21)22)28(15)27-14/h4-10H,1-3H3,(H,23,27). The number of rotatable bonds is 5. The van der Waals surface area contributed by atoms with Crippen molar-refractivity contribution < 1.29 is 17.9 Å². The Balaban J connectivity index is 1.59. The summed E-state index contributed by atoms with van der Waals surface area (Å²) < 4.78 is 45.1. The summed E-state index contributed by atoms with van der Waals surface area (Å²) in [4.78, 5) is 5.59. The first-order valence-electron chi connectivity index (χ1n) is 8.94. The van der Waals surface area contributed by atoms with Crippen molar-refractivity contribution in [3.8, 4) is 16.3 Å². The van der Waals surface area contributed by atoms with Crippen LogP contribution in [0.3, 0.4) is 0 Å². The van der Waals surface area contributed by atoms with Crippen LogP contribution < -0.4 is 10.1 Å². The molecule has 0 fully saturated rings. The fraction of sp³-hybridized carbons (Fsp3) is 0.263. The first-order valence-corrected chi connectivity index (χ1v) is 9.76. The summed E-state index contributed by atoms with van der Waals surface area (Å²) in [6.45, 7) is 3.80. The SMILES string of the molecule is COc1ccc(-c2nc(C)c(C(C)Nc3ccc4nnc(C(F)(F)F)n4n3)s2)cc1. The van der Waals surface area contributed by atoms with Crippen molar-refractivity contribution in [3.05, 3.63) is 52.8 Å². The minimum atomic E-state index is -4.64. The van der Waals surface area contributed by atoms with E-state index in [0.717, 1.165) is 26.9 Å². The van der Waals surface area contributed by atoms with Gasteiger partial charge in [0.05, 0.1) is 18.8 Å². The van der Waals surface area contributed by atoms with Gasteiger partial charge in [-0.25, -0.2) is 4.98 Å². The molecule has 1 atom stereocenters. The molecule has 4 aromatic rings. The van der Waals surface area contributed by atoms with Crippen molar-refractivity contribution >= 4 is 22.8 Å². The van der Waals surface area contributed by atoms with Gasteiger partial charge in [0.25, 0.3) is 5.82 Å². The largest absolute Gasteiger partial charge is 0.497 e. The lowest BCUT2D eigenvalue weighted by Crippen LogP contribution is -2.14. The number of benzene rings is 1. The van der Waals surface area contributed by atoms with Crippen molar-refractivity contribution in [3.63, 3.8) is 0 Å². The first-order chi connectivity index (χ1) is 14.3. The number of nitrogens with one attached hydrogen (secondary N) is 1. The summed E-state index contributed by atoms with van der Waals surface area (Å²) in [5.41, 5.74) is 1.82. The van der Waals surface area contributed by atoms with Crippen LogP contribution in [-0.2, 0) is 6.18 Å². The third-order valence-electron chi connectivity index (χ3n) is 4.44. The monoisotopic (exact) mass is 434 g/mol. The summed E-state index contributed by atoms with van der Waals surface area (Å²) in [5.74, 6) is -0.125. The number of fused-ring (bicyclic) bond motifs is 1. The summed E-state index contributed by atoms with van der Waals surface area (Å²) in [6, 6.07) is 10.4. The maximum absolute atomic E-state index is 13.1. The Morgan fingerprint density at radius 3 is 2.50 bits per heavy atom. The number of halogens is 3. The summed E-state index contributed by atoms with van der Waals surface area (Å²) in [5, 5.41) is 14.7. The lowest BCUT2D eigenvalue weighted by Gasteiger charge is -2.13. The molecular weight excluding hydrogens is 417 g/mol. The molecule has 0 aliphatic heterocycles. The van der Waals surface area contributed by atoms with E-state index in [4.69, 9.17) is 4.74 Å². The van der Waals surface area contributed by atoms with Crippen LogP contribution in [0.1, 0.15) is 29.4 Å². The van der Waals surface area contributed by atoms with E-state index in [1.165, 1.54) is 17.4 Å². The van der Waals surface area contributed by atoms with Gasteiger partial charge in [-0.05, 0) is 50.2 Å². The summed E-state index contributed by atoms with van der Waals surface area (Å²) in [6.07, 6.45) is -4.64. The molecule has 0 saturated carbocycles. The van der Waals surface area contributed by atoms with Gasteiger partial charge in [0, 0.05) is 10.4 Å². The second-order valence-corrected chi connectivity index (χ2v) is 7.60. The Morgan fingerprint density at radius 1 is 1.10 bits per heavy atom. The molecule has 1 unspecified atom stereocenters. The Morgan fingerprint density at radius 2 is 1.83 bits per heavy atom.